The van der Waals surface area contributed by atoms with Crippen LogP contribution in [0.1, 0.15) is 18.1 Å². The van der Waals surface area contributed by atoms with Gasteiger partial charge in [0.2, 0.25) is 0 Å². The molecular weight excluding hydrogens is 220 g/mol. The minimum absolute atomic E-state index is 0.930. The number of aryl methyl sites for hydroxylation is 1. The van der Waals surface area contributed by atoms with E-state index >= 15 is 0 Å². The van der Waals surface area contributed by atoms with Crippen molar-refractivity contribution >= 4 is 5.70 Å². The van der Waals surface area contributed by atoms with Crippen LogP contribution < -0.4 is 5.32 Å². The minimum Gasteiger partial charge on any atom is -0.386 e. The van der Waals surface area contributed by atoms with Crippen molar-refractivity contribution in [2.75, 3.05) is 13.6 Å². The molecule has 0 aromatic heterocycles. The maximum Gasteiger partial charge on any atom is 0.0576 e. The lowest BCUT2D eigenvalue weighted by atomic mass is 10.1. The van der Waals surface area contributed by atoms with Gasteiger partial charge in [0.25, 0.3) is 0 Å². The number of nitrogens with zero attached hydrogens (tertiary/aromatic N) is 1. The zero-order valence-electron chi connectivity index (χ0n) is 11.3. The fraction of sp³-hybridized carbons (Fsp3) is 0.250. The largest absolute Gasteiger partial charge is 0.386 e. The third-order valence-electron chi connectivity index (χ3n) is 3.15. The first-order valence-electron chi connectivity index (χ1n) is 6.27. The van der Waals surface area contributed by atoms with E-state index in [1.807, 2.05) is 7.05 Å². The molecule has 94 valence electrons. The van der Waals surface area contributed by atoms with Crippen LogP contribution in [-0.4, -0.2) is 18.5 Å². The minimum atomic E-state index is 0.930. The van der Waals surface area contributed by atoms with Crippen molar-refractivity contribution in [3.63, 3.8) is 0 Å². The smallest absolute Gasteiger partial charge is 0.0576 e. The van der Waals surface area contributed by atoms with Crippen LogP contribution in [0.3, 0.4) is 0 Å². The molecule has 2 heteroatoms. The van der Waals surface area contributed by atoms with E-state index in [0.29, 0.717) is 0 Å². The highest BCUT2D eigenvalue weighted by molar-refractivity contribution is 5.63. The van der Waals surface area contributed by atoms with E-state index in [0.717, 1.165) is 12.2 Å². The monoisotopic (exact) mass is 240 g/mol. The van der Waals surface area contributed by atoms with E-state index in [1.165, 1.54) is 16.8 Å². The molecule has 0 atom stereocenters. The van der Waals surface area contributed by atoms with E-state index < -0.39 is 0 Å². The summed E-state index contributed by atoms with van der Waals surface area (Å²) in [5, 5.41) is 3.27. The van der Waals surface area contributed by atoms with Gasteiger partial charge in [-0.1, -0.05) is 42.0 Å². The van der Waals surface area contributed by atoms with Gasteiger partial charge in [-0.25, -0.2) is 0 Å². The summed E-state index contributed by atoms with van der Waals surface area (Å²) >= 11 is 0. The second-order valence-corrected chi connectivity index (χ2v) is 4.55. The molecule has 0 saturated heterocycles. The van der Waals surface area contributed by atoms with Gasteiger partial charge < -0.3 is 10.2 Å². The number of allylic oxidation sites excluding steroid dienone is 3. The van der Waals surface area contributed by atoms with E-state index in [4.69, 9.17) is 0 Å². The Labute approximate surface area is 109 Å². The Balaban J connectivity index is 2.25. The summed E-state index contributed by atoms with van der Waals surface area (Å²) < 4.78 is 0. The average Bonchev–Trinajstić information content (AvgIpc) is 2.39. The summed E-state index contributed by atoms with van der Waals surface area (Å²) in [6.45, 7) is 5.16. The molecule has 1 N–H and O–H groups in total. The number of nitrogens with one attached hydrogen (secondary N) is 1. The normalized spacial score (nSPS) is 15.6. The molecular formula is C16H20N2. The van der Waals surface area contributed by atoms with Crippen molar-refractivity contribution < 1.29 is 0 Å². The van der Waals surface area contributed by atoms with Crippen LogP contribution in [0.4, 0.5) is 0 Å². The van der Waals surface area contributed by atoms with Gasteiger partial charge in [-0.15, -0.1) is 0 Å². The molecule has 1 aromatic rings. The van der Waals surface area contributed by atoms with Crippen molar-refractivity contribution in [3.05, 3.63) is 65.5 Å². The van der Waals surface area contributed by atoms with Gasteiger partial charge in [0, 0.05) is 25.5 Å². The maximum atomic E-state index is 3.27. The van der Waals surface area contributed by atoms with Gasteiger partial charge in [0.15, 0.2) is 0 Å². The van der Waals surface area contributed by atoms with E-state index in [-0.39, 0.29) is 0 Å². The molecule has 0 radical (unpaired) electrons. The van der Waals surface area contributed by atoms with Crippen LogP contribution >= 0.6 is 0 Å². The SMILES string of the molecule is CN/C(=C\N1CC=CC=C1C)c1ccc(C)cc1. The highest BCUT2D eigenvalue weighted by Crippen LogP contribution is 2.17. The van der Waals surface area contributed by atoms with Crippen LogP contribution in [-0.2, 0) is 0 Å². The van der Waals surface area contributed by atoms with Gasteiger partial charge in [-0.2, -0.15) is 0 Å². The summed E-state index contributed by atoms with van der Waals surface area (Å²) in [7, 11) is 1.96. The van der Waals surface area contributed by atoms with Crippen LogP contribution in [0.5, 0.6) is 0 Å². The number of hydrogen-bond donors (Lipinski definition) is 1. The van der Waals surface area contributed by atoms with Crippen LogP contribution in [0.2, 0.25) is 0 Å². The second-order valence-electron chi connectivity index (χ2n) is 4.55. The molecule has 2 nitrogen and oxygen atoms in total. The standard InChI is InChI=1S/C16H20N2/c1-13-7-9-15(10-8-13)16(17-3)12-18-11-5-4-6-14(18)2/h4-10,12,17H,11H2,1-3H3/b16-12-. The predicted octanol–water partition coefficient (Wildman–Crippen LogP) is 3.29. The molecule has 0 saturated carbocycles. The fourth-order valence-electron chi connectivity index (χ4n) is 1.95. The van der Waals surface area contributed by atoms with Crippen molar-refractivity contribution in [2.45, 2.75) is 13.8 Å². The Kier molecular flexibility index (Phi) is 3.88. The van der Waals surface area contributed by atoms with Crippen molar-refractivity contribution in [1.82, 2.24) is 10.2 Å². The zero-order chi connectivity index (χ0) is 13.0. The summed E-state index contributed by atoms with van der Waals surface area (Å²) in [5.74, 6) is 0. The van der Waals surface area contributed by atoms with E-state index in [2.05, 4.69) is 72.8 Å². The predicted molar refractivity (Wildman–Crippen MR) is 77.8 cm³/mol. The molecule has 1 aliphatic rings. The first kappa shape index (κ1) is 12.5. The van der Waals surface area contributed by atoms with E-state index in [1.54, 1.807) is 0 Å². The van der Waals surface area contributed by atoms with Crippen LogP contribution in [0, 0.1) is 6.92 Å². The lowest BCUT2D eigenvalue weighted by Gasteiger charge is -2.23. The van der Waals surface area contributed by atoms with Gasteiger partial charge in [-0.3, -0.25) is 0 Å². The van der Waals surface area contributed by atoms with Crippen molar-refractivity contribution in [3.8, 4) is 0 Å². The summed E-state index contributed by atoms with van der Waals surface area (Å²) in [6.07, 6.45) is 8.55. The van der Waals surface area contributed by atoms with E-state index in [9.17, 15) is 0 Å². The topological polar surface area (TPSA) is 15.3 Å². The Hall–Kier alpha value is -1.96. The third kappa shape index (κ3) is 2.83. The summed E-state index contributed by atoms with van der Waals surface area (Å²) in [6, 6.07) is 8.58. The Morgan fingerprint density at radius 1 is 1.22 bits per heavy atom. The van der Waals surface area contributed by atoms with Gasteiger partial charge in [-0.05, 0) is 25.5 Å². The molecule has 0 fully saturated rings. The van der Waals surface area contributed by atoms with Crippen molar-refractivity contribution in [1.29, 1.82) is 0 Å². The Morgan fingerprint density at radius 3 is 2.56 bits per heavy atom. The Morgan fingerprint density at radius 2 is 1.94 bits per heavy atom. The molecule has 1 aromatic carbocycles. The third-order valence-corrected chi connectivity index (χ3v) is 3.15. The fourth-order valence-corrected chi connectivity index (χ4v) is 1.95. The van der Waals surface area contributed by atoms with Crippen LogP contribution in [0.25, 0.3) is 5.70 Å². The molecule has 0 aliphatic carbocycles. The van der Waals surface area contributed by atoms with Crippen molar-refractivity contribution in [2.24, 2.45) is 0 Å². The summed E-state index contributed by atoms with van der Waals surface area (Å²) in [5.41, 5.74) is 4.90. The highest BCUT2D eigenvalue weighted by atomic mass is 15.1. The molecule has 1 aliphatic heterocycles. The molecule has 0 amide bonds. The molecule has 2 rings (SSSR count). The zero-order valence-corrected chi connectivity index (χ0v) is 11.3. The lowest BCUT2D eigenvalue weighted by Crippen LogP contribution is -2.19. The Bertz CT molecular complexity index is 492. The van der Waals surface area contributed by atoms with Gasteiger partial charge >= 0.3 is 0 Å². The second kappa shape index (κ2) is 5.58. The maximum absolute atomic E-state index is 3.27. The quantitative estimate of drug-likeness (QED) is 0.872. The summed E-state index contributed by atoms with van der Waals surface area (Å²) in [4.78, 5) is 2.24. The van der Waals surface area contributed by atoms with Gasteiger partial charge in [0.05, 0.1) is 5.70 Å². The van der Waals surface area contributed by atoms with Gasteiger partial charge in [0.1, 0.15) is 0 Å². The molecule has 0 spiro atoms. The molecule has 0 bridgehead atoms. The highest BCUT2D eigenvalue weighted by Gasteiger charge is 2.06. The molecule has 1 heterocycles. The number of rotatable bonds is 3. The molecule has 0 unspecified atom stereocenters. The average molecular weight is 240 g/mol. The first-order valence-corrected chi connectivity index (χ1v) is 6.27. The molecule has 18 heavy (non-hydrogen) atoms. The van der Waals surface area contributed by atoms with Crippen LogP contribution in [0.15, 0.2) is 54.4 Å². The lowest BCUT2D eigenvalue weighted by molar-refractivity contribution is 0.511. The number of benzene rings is 1. The first-order chi connectivity index (χ1) is 8.70. The number of hydrogen-bond acceptors (Lipinski definition) is 2.